The number of rotatable bonds is 12. The number of hydrogen-bond acceptors (Lipinski definition) is 11. The Morgan fingerprint density at radius 1 is 0.800 bits per heavy atom. The van der Waals surface area contributed by atoms with Gasteiger partial charge in [0.25, 0.3) is 5.91 Å². The molecular weight excluding hydrogens is 655 g/mol. The summed E-state index contributed by atoms with van der Waals surface area (Å²) in [5.74, 6) is -2.49. The molecule has 2 amide bonds. The highest BCUT2D eigenvalue weighted by molar-refractivity contribution is 6.11. The molecule has 0 aliphatic carbocycles. The zero-order valence-corrected chi connectivity index (χ0v) is 28.9. The zero-order valence-electron chi connectivity index (χ0n) is 28.9. The molecule has 1 N–H and O–H groups in total. The van der Waals surface area contributed by atoms with Gasteiger partial charge in [-0.15, -0.1) is 0 Å². The van der Waals surface area contributed by atoms with Gasteiger partial charge in [0.1, 0.15) is 17.1 Å². The van der Waals surface area contributed by atoms with Crippen molar-refractivity contribution in [1.29, 1.82) is 0 Å². The maximum Gasteiger partial charge on any atom is 0.453 e. The van der Waals surface area contributed by atoms with Crippen molar-refractivity contribution >= 4 is 23.8 Å². The van der Waals surface area contributed by atoms with Crippen LogP contribution in [-0.4, -0.2) is 82.7 Å². The Bertz CT molecular complexity index is 1710. The minimum atomic E-state index is -0.993. The first-order chi connectivity index (χ1) is 24.0. The number of methoxy groups -OCH3 is 3. The quantitative estimate of drug-likeness (QED) is 0.112. The Morgan fingerprint density at radius 2 is 1.44 bits per heavy atom. The highest BCUT2D eigenvalue weighted by Crippen LogP contribution is 2.32. The second-order valence-electron chi connectivity index (χ2n) is 11.6. The fourth-order valence-electron chi connectivity index (χ4n) is 5.58. The zero-order chi connectivity index (χ0) is 36.4. The first-order valence-corrected chi connectivity index (χ1v) is 15.8. The van der Waals surface area contributed by atoms with Crippen molar-refractivity contribution < 1.29 is 57.0 Å². The van der Waals surface area contributed by atoms with E-state index in [1.165, 1.54) is 62.6 Å². The summed E-state index contributed by atoms with van der Waals surface area (Å²) in [6.45, 7) is 5.88. The Morgan fingerprint density at radius 3 is 2.10 bits per heavy atom. The molecule has 0 bridgehead atoms. The largest absolute Gasteiger partial charge is 0.494 e. The molecule has 1 fully saturated rings. The van der Waals surface area contributed by atoms with Gasteiger partial charge in [-0.2, -0.15) is 0 Å². The van der Waals surface area contributed by atoms with Crippen LogP contribution >= 0.6 is 0 Å². The van der Waals surface area contributed by atoms with Crippen LogP contribution in [0.5, 0.6) is 17.2 Å². The first kappa shape index (κ1) is 37.6. The van der Waals surface area contributed by atoms with Crippen molar-refractivity contribution in [3.63, 3.8) is 0 Å². The van der Waals surface area contributed by atoms with E-state index in [4.69, 9.17) is 33.5 Å². The molecular formula is C36H41FN2O11. The molecule has 1 unspecified atom stereocenters. The van der Waals surface area contributed by atoms with Crippen LogP contribution in [0.2, 0.25) is 0 Å². The maximum absolute atomic E-state index is 15.1. The van der Waals surface area contributed by atoms with E-state index in [9.17, 15) is 19.2 Å². The van der Waals surface area contributed by atoms with Gasteiger partial charge in [-0.3, -0.25) is 9.59 Å². The van der Waals surface area contributed by atoms with Crippen molar-refractivity contribution in [2.24, 2.45) is 0 Å². The molecule has 1 atom stereocenters. The minimum absolute atomic E-state index is 0.0306. The van der Waals surface area contributed by atoms with Gasteiger partial charge in [0.15, 0.2) is 30.9 Å². The molecule has 1 saturated heterocycles. The van der Waals surface area contributed by atoms with Gasteiger partial charge in [-0.1, -0.05) is 12.1 Å². The third kappa shape index (κ3) is 8.87. The van der Waals surface area contributed by atoms with Crippen LogP contribution in [0.3, 0.4) is 0 Å². The topological polar surface area (TPSA) is 148 Å². The van der Waals surface area contributed by atoms with Crippen molar-refractivity contribution in [3.8, 4) is 17.2 Å². The molecule has 0 spiro atoms. The SMILES string of the molecule is COCOc1cc(C)c(C(=O)NC2CCCCN(C(=O)OOC(=O)c3ccc(C(=O)c4c(OCOC)ccc(OC)c4F)cc3)C2)c(C)c1C. The van der Waals surface area contributed by atoms with Crippen LogP contribution in [0.25, 0.3) is 0 Å². The highest BCUT2D eigenvalue weighted by atomic mass is 19.1. The first-order valence-electron chi connectivity index (χ1n) is 15.8. The van der Waals surface area contributed by atoms with E-state index in [-0.39, 0.29) is 60.3 Å². The molecule has 1 aliphatic rings. The molecule has 0 saturated carbocycles. The average Bonchev–Trinajstić information content (AvgIpc) is 3.35. The number of hydrogen-bond donors (Lipinski definition) is 1. The standard InChI is InChI=1S/C36H41FN2O11/c1-21-17-29(48-20-45-5)22(2)23(3)30(21)34(41)38-26-9-7-8-16-39(18-26)36(43)50-49-35(42)25-12-10-24(11-13-25)33(40)31-27(47-19-44-4)14-15-28(46-6)32(31)37/h10-15,17,26H,7-9,16,18-20H2,1-6H3,(H,38,41). The molecule has 14 heteroatoms. The fourth-order valence-corrected chi connectivity index (χ4v) is 5.58. The van der Waals surface area contributed by atoms with Gasteiger partial charge >= 0.3 is 12.1 Å². The lowest BCUT2D eigenvalue weighted by Gasteiger charge is -2.24. The van der Waals surface area contributed by atoms with Crippen LogP contribution in [0.4, 0.5) is 9.18 Å². The van der Waals surface area contributed by atoms with Gasteiger partial charge in [0, 0.05) is 44.5 Å². The summed E-state index contributed by atoms with van der Waals surface area (Å²) < 4.78 is 41.0. The summed E-state index contributed by atoms with van der Waals surface area (Å²) in [5, 5.41) is 3.04. The minimum Gasteiger partial charge on any atom is -0.494 e. The van der Waals surface area contributed by atoms with Gasteiger partial charge < -0.3 is 33.9 Å². The van der Waals surface area contributed by atoms with Crippen molar-refractivity contribution in [2.75, 3.05) is 48.0 Å². The summed E-state index contributed by atoms with van der Waals surface area (Å²) in [5.41, 5.74) is 2.50. The third-order valence-electron chi connectivity index (χ3n) is 8.29. The predicted molar refractivity (Wildman–Crippen MR) is 177 cm³/mol. The van der Waals surface area contributed by atoms with Gasteiger partial charge in [-0.05, 0) is 87.1 Å². The Hall–Kier alpha value is -5.21. The monoisotopic (exact) mass is 696 g/mol. The number of ether oxygens (including phenoxy) is 5. The third-order valence-corrected chi connectivity index (χ3v) is 8.29. The van der Waals surface area contributed by atoms with Crippen LogP contribution in [-0.2, 0) is 19.2 Å². The molecule has 3 aromatic carbocycles. The number of ketones is 1. The Kier molecular flexibility index (Phi) is 13.1. The van der Waals surface area contributed by atoms with Gasteiger partial charge in [0.05, 0.1) is 12.7 Å². The normalized spacial score (nSPS) is 14.3. The highest BCUT2D eigenvalue weighted by Gasteiger charge is 2.28. The van der Waals surface area contributed by atoms with E-state index >= 15 is 4.39 Å². The molecule has 4 rings (SSSR count). The number of nitrogens with zero attached hydrogens (tertiary/aromatic N) is 1. The van der Waals surface area contributed by atoms with E-state index in [0.29, 0.717) is 30.7 Å². The number of carbonyl (C=O) groups is 4. The summed E-state index contributed by atoms with van der Waals surface area (Å²) in [6, 6.07) is 9.27. The van der Waals surface area contributed by atoms with Crippen molar-refractivity contribution in [1.82, 2.24) is 10.2 Å². The number of carbonyl (C=O) groups excluding carboxylic acids is 4. The Labute approximate surface area is 289 Å². The number of amides is 2. The van der Waals surface area contributed by atoms with Crippen LogP contribution in [0.1, 0.15) is 72.6 Å². The van der Waals surface area contributed by atoms with Gasteiger partial charge in [0.2, 0.25) is 0 Å². The smallest absolute Gasteiger partial charge is 0.453 e. The van der Waals surface area contributed by atoms with Crippen LogP contribution in [0, 0.1) is 26.6 Å². The molecule has 50 heavy (non-hydrogen) atoms. The van der Waals surface area contributed by atoms with E-state index in [0.717, 1.165) is 23.1 Å². The van der Waals surface area contributed by atoms with Crippen molar-refractivity contribution in [3.05, 3.63) is 87.2 Å². The molecule has 1 aliphatic heterocycles. The van der Waals surface area contributed by atoms with E-state index < -0.39 is 23.7 Å². The summed E-state index contributed by atoms with van der Waals surface area (Å²) in [7, 11) is 4.18. The van der Waals surface area contributed by atoms with Crippen molar-refractivity contribution in [2.45, 2.75) is 46.1 Å². The number of likely N-dealkylation sites (tertiary alicyclic amines) is 1. The number of aryl methyl sites for hydroxylation is 1. The maximum atomic E-state index is 15.1. The lowest BCUT2D eigenvalue weighted by atomic mass is 9.96. The molecule has 0 radical (unpaired) electrons. The van der Waals surface area contributed by atoms with Crippen LogP contribution in [0.15, 0.2) is 42.5 Å². The lowest BCUT2D eigenvalue weighted by molar-refractivity contribution is -0.192. The number of nitrogens with one attached hydrogen (secondary N) is 1. The summed E-state index contributed by atoms with van der Waals surface area (Å²) >= 11 is 0. The second kappa shape index (κ2) is 17.4. The molecule has 1 heterocycles. The molecule has 0 aromatic heterocycles. The molecule has 3 aromatic rings. The second-order valence-corrected chi connectivity index (χ2v) is 11.6. The van der Waals surface area contributed by atoms with E-state index in [1.54, 1.807) is 6.07 Å². The molecule has 13 nitrogen and oxygen atoms in total. The predicted octanol–water partition coefficient (Wildman–Crippen LogP) is 5.45. The summed E-state index contributed by atoms with van der Waals surface area (Å²) in [4.78, 5) is 63.4. The fraction of sp³-hybridized carbons (Fsp3) is 0.389. The number of benzene rings is 3. The number of halogens is 1. The van der Waals surface area contributed by atoms with Crippen LogP contribution < -0.4 is 19.5 Å². The average molecular weight is 697 g/mol. The van der Waals surface area contributed by atoms with E-state index in [1.807, 2.05) is 20.8 Å². The molecule has 268 valence electrons. The lowest BCUT2D eigenvalue weighted by Crippen LogP contribution is -2.45. The van der Waals surface area contributed by atoms with Gasteiger partial charge in [-0.25, -0.2) is 23.8 Å². The summed E-state index contributed by atoms with van der Waals surface area (Å²) in [6.07, 6.45) is 1.14. The van der Waals surface area contributed by atoms with E-state index in [2.05, 4.69) is 5.32 Å². The Balaban J connectivity index is 1.37.